The molecule has 0 saturated heterocycles. The van der Waals surface area contributed by atoms with Crippen molar-refractivity contribution in [3.63, 3.8) is 0 Å². The molecule has 0 N–H and O–H groups in total. The van der Waals surface area contributed by atoms with Crippen molar-refractivity contribution in [1.82, 2.24) is 9.55 Å². The molecule has 0 atom stereocenters. The van der Waals surface area contributed by atoms with E-state index >= 15 is 0 Å². The lowest BCUT2D eigenvalue weighted by Crippen LogP contribution is -2.17. The van der Waals surface area contributed by atoms with Crippen LogP contribution in [0.4, 0.5) is 0 Å². The van der Waals surface area contributed by atoms with Crippen molar-refractivity contribution in [2.24, 2.45) is 0 Å². The Bertz CT molecular complexity index is 1270. The Morgan fingerprint density at radius 2 is 1.58 bits per heavy atom. The summed E-state index contributed by atoms with van der Waals surface area (Å²) in [7, 11) is 0. The van der Waals surface area contributed by atoms with Gasteiger partial charge in [0.15, 0.2) is 0 Å². The highest BCUT2D eigenvalue weighted by molar-refractivity contribution is 7.18. The van der Waals surface area contributed by atoms with Crippen LogP contribution in [-0.4, -0.2) is 9.55 Å². The van der Waals surface area contributed by atoms with Crippen LogP contribution in [-0.2, 0) is 0 Å². The average molecular weight is 328 g/mol. The van der Waals surface area contributed by atoms with Crippen LogP contribution in [0, 0.1) is 0 Å². The zero-order valence-corrected chi connectivity index (χ0v) is 13.5. The van der Waals surface area contributed by atoms with Gasteiger partial charge in [0.05, 0.1) is 21.1 Å². The molecule has 0 amide bonds. The van der Waals surface area contributed by atoms with Gasteiger partial charge in [0.25, 0.3) is 5.56 Å². The lowest BCUT2D eigenvalue weighted by atomic mass is 10.0. The summed E-state index contributed by atoms with van der Waals surface area (Å²) in [5, 5.41) is 3.72. The first-order valence-electron chi connectivity index (χ1n) is 7.69. The summed E-state index contributed by atoms with van der Waals surface area (Å²) < 4.78 is 2.78. The van der Waals surface area contributed by atoms with Gasteiger partial charge >= 0.3 is 0 Å². The van der Waals surface area contributed by atoms with Crippen LogP contribution in [0.5, 0.6) is 0 Å². The molecule has 0 spiro atoms. The molecule has 114 valence electrons. The van der Waals surface area contributed by atoms with Crippen LogP contribution in [0.15, 0.2) is 77.2 Å². The van der Waals surface area contributed by atoms with Crippen LogP contribution >= 0.6 is 11.3 Å². The molecule has 0 unspecified atom stereocenters. The molecule has 0 saturated carbocycles. The number of rotatable bonds is 1. The fraction of sp³-hybridized carbons (Fsp3) is 0. The smallest absolute Gasteiger partial charge is 0.263 e. The normalized spacial score (nSPS) is 11.5. The van der Waals surface area contributed by atoms with E-state index in [2.05, 4.69) is 4.98 Å². The summed E-state index contributed by atoms with van der Waals surface area (Å²) in [6.45, 7) is 0. The van der Waals surface area contributed by atoms with E-state index in [1.165, 1.54) is 0 Å². The second-order valence-electron chi connectivity index (χ2n) is 5.69. The van der Waals surface area contributed by atoms with E-state index in [1.54, 1.807) is 15.9 Å². The first-order valence-corrected chi connectivity index (χ1v) is 8.57. The van der Waals surface area contributed by atoms with E-state index in [9.17, 15) is 4.79 Å². The van der Waals surface area contributed by atoms with Crippen molar-refractivity contribution in [3.8, 4) is 5.69 Å². The van der Waals surface area contributed by atoms with Gasteiger partial charge in [-0.05, 0) is 23.6 Å². The largest absolute Gasteiger partial charge is 0.284 e. The number of fused-ring (bicyclic) bond motifs is 6. The van der Waals surface area contributed by atoms with E-state index in [4.69, 9.17) is 0 Å². The quantitative estimate of drug-likeness (QED) is 0.416. The van der Waals surface area contributed by atoms with E-state index in [0.717, 1.165) is 37.4 Å². The van der Waals surface area contributed by atoms with Crippen LogP contribution in [0.2, 0.25) is 0 Å². The van der Waals surface area contributed by atoms with E-state index < -0.39 is 0 Å². The highest BCUT2D eigenvalue weighted by atomic mass is 32.1. The van der Waals surface area contributed by atoms with Crippen LogP contribution in [0.1, 0.15) is 0 Å². The number of benzene rings is 3. The van der Waals surface area contributed by atoms with Gasteiger partial charge in [0.2, 0.25) is 0 Å². The van der Waals surface area contributed by atoms with Gasteiger partial charge in [0.1, 0.15) is 0 Å². The number of para-hydroxylation sites is 1. The molecule has 2 aromatic heterocycles. The topological polar surface area (TPSA) is 34.9 Å². The van der Waals surface area contributed by atoms with E-state index in [-0.39, 0.29) is 5.56 Å². The van der Waals surface area contributed by atoms with Crippen molar-refractivity contribution in [2.75, 3.05) is 0 Å². The third-order valence-corrected chi connectivity index (χ3v) is 5.25. The van der Waals surface area contributed by atoms with Gasteiger partial charge < -0.3 is 0 Å². The summed E-state index contributed by atoms with van der Waals surface area (Å²) in [5.74, 6) is 0. The highest BCUT2D eigenvalue weighted by Crippen LogP contribution is 2.34. The number of aromatic nitrogens is 2. The van der Waals surface area contributed by atoms with Gasteiger partial charge in [-0.25, -0.2) is 4.98 Å². The molecule has 5 aromatic rings. The molecule has 0 bridgehead atoms. The third-order valence-electron chi connectivity index (χ3n) is 4.39. The molecule has 0 aliphatic rings. The summed E-state index contributed by atoms with van der Waals surface area (Å²) in [6, 6.07) is 19.8. The monoisotopic (exact) mass is 328 g/mol. The van der Waals surface area contributed by atoms with Crippen molar-refractivity contribution >= 4 is 43.1 Å². The Balaban J connectivity index is 2.04. The van der Waals surface area contributed by atoms with Crippen LogP contribution in [0.3, 0.4) is 0 Å². The minimum atomic E-state index is 0.00481. The van der Waals surface area contributed by atoms with Crippen molar-refractivity contribution in [3.05, 3.63) is 82.7 Å². The van der Waals surface area contributed by atoms with Gasteiger partial charge in [-0.15, -0.1) is 11.3 Å². The Morgan fingerprint density at radius 1 is 0.833 bits per heavy atom. The molecule has 5 rings (SSSR count). The number of hydrogen-bond donors (Lipinski definition) is 0. The summed E-state index contributed by atoms with van der Waals surface area (Å²) >= 11 is 1.58. The SMILES string of the molecule is O=c1c2c3ccccc3c3ncsc3c2ccn1-c1ccccc1. The molecular weight excluding hydrogens is 316 g/mol. The molecular formula is C20H12N2OS. The lowest BCUT2D eigenvalue weighted by Gasteiger charge is -2.10. The van der Waals surface area contributed by atoms with Crippen molar-refractivity contribution < 1.29 is 0 Å². The van der Waals surface area contributed by atoms with Gasteiger partial charge in [-0.3, -0.25) is 9.36 Å². The minimum Gasteiger partial charge on any atom is -0.284 e. The number of nitrogens with zero attached hydrogens (tertiary/aromatic N) is 2. The van der Waals surface area contributed by atoms with Crippen LogP contribution in [0.25, 0.3) is 37.4 Å². The zero-order chi connectivity index (χ0) is 16.1. The standard InChI is InChI=1S/C20H12N2OS/c23-20-17-14-8-4-5-9-15(14)18-19(24-12-21-18)16(17)10-11-22(20)13-6-2-1-3-7-13/h1-12H. The minimum absolute atomic E-state index is 0.00481. The lowest BCUT2D eigenvalue weighted by molar-refractivity contribution is 1.01. The molecule has 0 radical (unpaired) electrons. The Morgan fingerprint density at radius 3 is 2.42 bits per heavy atom. The highest BCUT2D eigenvalue weighted by Gasteiger charge is 2.14. The first-order chi connectivity index (χ1) is 11.8. The maximum atomic E-state index is 13.3. The predicted octanol–water partition coefficient (Wildman–Crippen LogP) is 4.75. The fourth-order valence-corrected chi connectivity index (χ4v) is 4.15. The van der Waals surface area contributed by atoms with Crippen molar-refractivity contribution in [2.45, 2.75) is 0 Å². The number of pyridine rings is 1. The third kappa shape index (κ3) is 1.77. The van der Waals surface area contributed by atoms with Gasteiger partial charge in [-0.2, -0.15) is 0 Å². The maximum Gasteiger partial charge on any atom is 0.263 e. The van der Waals surface area contributed by atoms with Gasteiger partial charge in [0, 0.05) is 22.7 Å². The van der Waals surface area contributed by atoms with Crippen LogP contribution < -0.4 is 5.56 Å². The molecule has 4 heteroatoms. The van der Waals surface area contributed by atoms with Gasteiger partial charge in [-0.1, -0.05) is 42.5 Å². The Kier molecular flexibility index (Phi) is 2.81. The average Bonchev–Trinajstić information content (AvgIpc) is 3.13. The van der Waals surface area contributed by atoms with E-state index in [0.29, 0.717) is 0 Å². The summed E-state index contributed by atoms with van der Waals surface area (Å²) in [5.41, 5.74) is 3.70. The molecule has 3 aromatic carbocycles. The van der Waals surface area contributed by atoms with E-state index in [1.807, 2.05) is 72.4 Å². The van der Waals surface area contributed by atoms with Crippen molar-refractivity contribution in [1.29, 1.82) is 0 Å². The molecule has 24 heavy (non-hydrogen) atoms. The maximum absolute atomic E-state index is 13.3. The Hall–Kier alpha value is -2.98. The molecule has 0 aliphatic heterocycles. The molecule has 0 aliphatic carbocycles. The second-order valence-corrected chi connectivity index (χ2v) is 6.55. The summed E-state index contributed by atoms with van der Waals surface area (Å²) in [4.78, 5) is 17.8. The Labute approximate surface area is 141 Å². The fourth-order valence-electron chi connectivity index (χ4n) is 3.31. The zero-order valence-electron chi connectivity index (χ0n) is 12.6. The molecule has 0 fully saturated rings. The first kappa shape index (κ1) is 13.5. The summed E-state index contributed by atoms with van der Waals surface area (Å²) in [6.07, 6.45) is 1.86. The second kappa shape index (κ2) is 5.01. The predicted molar refractivity (Wildman–Crippen MR) is 100 cm³/mol. The molecule has 3 nitrogen and oxygen atoms in total. The molecule has 2 heterocycles. The number of hydrogen-bond acceptors (Lipinski definition) is 3. The number of thiazole rings is 1.